The fourth-order valence-electron chi connectivity index (χ4n) is 2.06. The highest BCUT2D eigenvalue weighted by Gasteiger charge is 2.18. The Balaban J connectivity index is 2.16. The van der Waals surface area contributed by atoms with E-state index in [1.165, 1.54) is 22.0 Å². The first-order chi connectivity index (χ1) is 9.35. The predicted molar refractivity (Wildman–Crippen MR) is 78.3 cm³/mol. The summed E-state index contributed by atoms with van der Waals surface area (Å²) in [6.07, 6.45) is 6.73. The molecule has 0 aromatic carbocycles. The molecular weight excluding hydrogens is 256 g/mol. The molecule has 2 rings (SSSR count). The van der Waals surface area contributed by atoms with Gasteiger partial charge >= 0.3 is 0 Å². The van der Waals surface area contributed by atoms with Gasteiger partial charge in [0.2, 0.25) is 0 Å². The van der Waals surface area contributed by atoms with Crippen molar-refractivity contribution in [2.45, 2.75) is 39.2 Å². The van der Waals surface area contributed by atoms with Crippen molar-refractivity contribution in [3.05, 3.63) is 40.7 Å². The third-order valence-electron chi connectivity index (χ3n) is 3.04. The van der Waals surface area contributed by atoms with Crippen LogP contribution in [0.5, 0.6) is 0 Å². The van der Waals surface area contributed by atoms with Gasteiger partial charge in [0, 0.05) is 18.4 Å². The number of aromatic nitrogens is 3. The Hall–Kier alpha value is -1.33. The molecule has 0 aliphatic heterocycles. The van der Waals surface area contributed by atoms with Crippen LogP contribution in [0, 0.1) is 0 Å². The highest BCUT2D eigenvalue weighted by molar-refractivity contribution is 7.05. The van der Waals surface area contributed by atoms with Crippen LogP contribution in [0.25, 0.3) is 0 Å². The summed E-state index contributed by atoms with van der Waals surface area (Å²) in [5.41, 5.74) is 2.36. The zero-order valence-electron chi connectivity index (χ0n) is 11.5. The van der Waals surface area contributed by atoms with Crippen molar-refractivity contribution in [2.24, 2.45) is 0 Å². The average molecular weight is 276 g/mol. The van der Waals surface area contributed by atoms with E-state index in [0.29, 0.717) is 6.04 Å². The maximum atomic E-state index is 4.22. The lowest BCUT2D eigenvalue weighted by Gasteiger charge is -2.17. The molecule has 0 fully saturated rings. The summed E-state index contributed by atoms with van der Waals surface area (Å²) in [6, 6.07) is 4.39. The van der Waals surface area contributed by atoms with Crippen molar-refractivity contribution in [1.82, 2.24) is 19.9 Å². The van der Waals surface area contributed by atoms with Crippen molar-refractivity contribution in [2.75, 3.05) is 6.54 Å². The zero-order valence-corrected chi connectivity index (χ0v) is 12.3. The number of hydrogen-bond donors (Lipinski definition) is 1. The van der Waals surface area contributed by atoms with Gasteiger partial charge in [-0.3, -0.25) is 4.98 Å². The Kier molecular flexibility index (Phi) is 5.42. The first kappa shape index (κ1) is 14.1. The summed E-state index contributed by atoms with van der Waals surface area (Å²) in [5.74, 6) is 0. The van der Waals surface area contributed by atoms with Gasteiger partial charge in [-0.05, 0) is 49.0 Å². The van der Waals surface area contributed by atoms with E-state index in [1.807, 2.05) is 18.5 Å². The van der Waals surface area contributed by atoms with Crippen LogP contribution in [-0.2, 0) is 12.8 Å². The van der Waals surface area contributed by atoms with E-state index in [9.17, 15) is 0 Å². The van der Waals surface area contributed by atoms with Gasteiger partial charge < -0.3 is 5.32 Å². The van der Waals surface area contributed by atoms with E-state index in [0.717, 1.165) is 31.5 Å². The second-order valence-electron chi connectivity index (χ2n) is 4.51. The molecule has 0 spiro atoms. The number of hydrogen-bond acceptors (Lipinski definition) is 5. The number of aryl methyl sites for hydroxylation is 1. The molecule has 1 unspecified atom stereocenters. The van der Waals surface area contributed by atoms with Gasteiger partial charge in [0.15, 0.2) is 0 Å². The van der Waals surface area contributed by atoms with E-state index in [4.69, 9.17) is 0 Å². The summed E-state index contributed by atoms with van der Waals surface area (Å²) in [7, 11) is 0. The molecule has 0 saturated heterocycles. The summed E-state index contributed by atoms with van der Waals surface area (Å²) in [6.45, 7) is 5.31. The van der Waals surface area contributed by atoms with E-state index < -0.39 is 0 Å². The summed E-state index contributed by atoms with van der Waals surface area (Å²) in [4.78, 5) is 5.45. The minimum Gasteiger partial charge on any atom is -0.309 e. The lowest BCUT2D eigenvalue weighted by Crippen LogP contribution is -2.24. The molecule has 102 valence electrons. The largest absolute Gasteiger partial charge is 0.309 e. The molecule has 2 heterocycles. The Morgan fingerprint density at radius 3 is 2.95 bits per heavy atom. The number of nitrogens with one attached hydrogen (secondary N) is 1. The van der Waals surface area contributed by atoms with Gasteiger partial charge in [0.25, 0.3) is 0 Å². The molecule has 4 nitrogen and oxygen atoms in total. The molecule has 0 bridgehead atoms. The maximum Gasteiger partial charge on any atom is 0.0801 e. The van der Waals surface area contributed by atoms with Crippen LogP contribution in [0.2, 0.25) is 0 Å². The SMILES string of the molecule is CCCNC(Cc1cccnc1)c1snnc1CC. The molecule has 0 amide bonds. The summed E-state index contributed by atoms with van der Waals surface area (Å²) in [5, 5.41) is 7.82. The standard InChI is InChI=1S/C14H20N4S/c1-3-7-16-13(9-11-6-5-8-15-10-11)14-12(4-2)17-18-19-14/h5-6,8,10,13,16H,3-4,7,9H2,1-2H3. The van der Waals surface area contributed by atoms with Crippen LogP contribution in [0.4, 0.5) is 0 Å². The summed E-state index contributed by atoms with van der Waals surface area (Å²) >= 11 is 1.51. The normalized spacial score (nSPS) is 12.5. The first-order valence-electron chi connectivity index (χ1n) is 6.78. The third-order valence-corrected chi connectivity index (χ3v) is 3.92. The second-order valence-corrected chi connectivity index (χ2v) is 5.30. The Morgan fingerprint density at radius 1 is 1.37 bits per heavy atom. The fraction of sp³-hybridized carbons (Fsp3) is 0.500. The molecule has 5 heteroatoms. The smallest absolute Gasteiger partial charge is 0.0801 e. The monoisotopic (exact) mass is 276 g/mol. The molecule has 1 atom stereocenters. The second kappa shape index (κ2) is 7.31. The van der Waals surface area contributed by atoms with Gasteiger partial charge in [-0.15, -0.1) is 5.10 Å². The topological polar surface area (TPSA) is 50.7 Å². The fourth-order valence-corrected chi connectivity index (χ4v) is 2.87. The first-order valence-corrected chi connectivity index (χ1v) is 7.55. The minimum atomic E-state index is 0.291. The molecule has 19 heavy (non-hydrogen) atoms. The van der Waals surface area contributed by atoms with Gasteiger partial charge in [0.1, 0.15) is 0 Å². The van der Waals surface area contributed by atoms with Crippen molar-refractivity contribution >= 4 is 11.5 Å². The molecule has 0 saturated carbocycles. The quantitative estimate of drug-likeness (QED) is 0.845. The van der Waals surface area contributed by atoms with Crippen LogP contribution < -0.4 is 5.32 Å². The Morgan fingerprint density at radius 2 is 2.26 bits per heavy atom. The van der Waals surface area contributed by atoms with E-state index in [2.05, 4.69) is 39.8 Å². The van der Waals surface area contributed by atoms with Crippen LogP contribution in [-0.4, -0.2) is 21.1 Å². The van der Waals surface area contributed by atoms with Gasteiger partial charge in [-0.1, -0.05) is 24.4 Å². The number of pyridine rings is 1. The third kappa shape index (κ3) is 3.81. The predicted octanol–water partition coefficient (Wildman–Crippen LogP) is 2.78. The molecule has 0 aliphatic rings. The summed E-state index contributed by atoms with van der Waals surface area (Å²) < 4.78 is 4.10. The highest BCUT2D eigenvalue weighted by atomic mass is 32.1. The molecule has 0 aliphatic carbocycles. The van der Waals surface area contributed by atoms with Crippen LogP contribution in [0.15, 0.2) is 24.5 Å². The number of rotatable bonds is 7. The Bertz CT molecular complexity index is 483. The van der Waals surface area contributed by atoms with Crippen molar-refractivity contribution in [1.29, 1.82) is 0 Å². The van der Waals surface area contributed by atoms with Crippen LogP contribution >= 0.6 is 11.5 Å². The molecule has 2 aromatic rings. The van der Waals surface area contributed by atoms with Crippen LogP contribution in [0.3, 0.4) is 0 Å². The molecular formula is C14H20N4S. The molecule has 2 aromatic heterocycles. The van der Waals surface area contributed by atoms with E-state index >= 15 is 0 Å². The maximum absolute atomic E-state index is 4.22. The van der Waals surface area contributed by atoms with Gasteiger partial charge in [-0.2, -0.15) is 0 Å². The van der Waals surface area contributed by atoms with Crippen molar-refractivity contribution in [3.8, 4) is 0 Å². The van der Waals surface area contributed by atoms with Gasteiger partial charge in [-0.25, -0.2) is 0 Å². The zero-order chi connectivity index (χ0) is 13.5. The highest BCUT2D eigenvalue weighted by Crippen LogP contribution is 2.24. The number of nitrogens with zero attached hydrogens (tertiary/aromatic N) is 3. The van der Waals surface area contributed by atoms with Crippen LogP contribution in [0.1, 0.15) is 42.4 Å². The van der Waals surface area contributed by atoms with Gasteiger partial charge in [0.05, 0.1) is 10.6 Å². The molecule has 0 radical (unpaired) electrons. The van der Waals surface area contributed by atoms with E-state index in [-0.39, 0.29) is 0 Å². The molecule has 1 N–H and O–H groups in total. The minimum absolute atomic E-state index is 0.291. The van der Waals surface area contributed by atoms with Crippen molar-refractivity contribution < 1.29 is 0 Å². The van der Waals surface area contributed by atoms with Crippen molar-refractivity contribution in [3.63, 3.8) is 0 Å². The lowest BCUT2D eigenvalue weighted by atomic mass is 10.0. The Labute approximate surface area is 118 Å². The van der Waals surface area contributed by atoms with E-state index in [1.54, 1.807) is 0 Å². The average Bonchev–Trinajstić information content (AvgIpc) is 2.93. The lowest BCUT2D eigenvalue weighted by molar-refractivity contribution is 0.531.